The molecular weight excluding hydrogens is 497 g/mol. The van der Waals surface area contributed by atoms with Crippen molar-refractivity contribution in [2.75, 3.05) is 0 Å². The van der Waals surface area contributed by atoms with E-state index >= 15 is 0 Å². The first-order valence-corrected chi connectivity index (χ1v) is 13.2. The first-order valence-electron chi connectivity index (χ1n) is 11.8. The molecule has 0 spiro atoms. The van der Waals surface area contributed by atoms with E-state index in [2.05, 4.69) is 6.58 Å². The van der Waals surface area contributed by atoms with Crippen LogP contribution >= 0.6 is 7.82 Å². The number of allylic oxidation sites excluding steroid dienone is 1. The van der Waals surface area contributed by atoms with Crippen LogP contribution in [-0.4, -0.2) is 20.5 Å². The molecule has 0 saturated carbocycles. The number of nitrogens with zero attached hydrogens (tertiary/aromatic N) is 3. The van der Waals surface area contributed by atoms with Crippen LogP contribution in [0.1, 0.15) is 87.1 Å². The molecule has 11 heteroatoms. The number of aryl methyl sites for hydroxylation is 1. The van der Waals surface area contributed by atoms with Gasteiger partial charge >= 0.3 is 13.5 Å². The zero-order chi connectivity index (χ0) is 28.3. The Kier molecular flexibility index (Phi) is 9.26. The minimum Gasteiger partial charge on any atom is -0.409 e. The van der Waals surface area contributed by atoms with Crippen molar-refractivity contribution in [2.24, 2.45) is 0 Å². The van der Waals surface area contributed by atoms with Crippen LogP contribution in [0, 0.1) is 18.3 Å². The highest BCUT2D eigenvalue weighted by atomic mass is 31.2. The number of nitriles is 1. The highest BCUT2D eigenvalue weighted by Crippen LogP contribution is 2.54. The fraction of sp³-hybridized carbons (Fsp3) is 0.462. The maximum atomic E-state index is 13.6. The molecule has 0 N–H and O–H groups in total. The second kappa shape index (κ2) is 11.4. The molecular formula is C26H34N3O7P. The molecule has 10 nitrogen and oxygen atoms in total. The van der Waals surface area contributed by atoms with E-state index in [4.69, 9.17) is 13.6 Å². The number of phosphoric acid groups is 1. The zero-order valence-electron chi connectivity index (χ0n) is 22.6. The quantitative estimate of drug-likeness (QED) is 0.238. The number of hydrogen-bond donors (Lipinski definition) is 0. The second-order valence-electron chi connectivity index (χ2n) is 9.91. The molecule has 2 aromatic rings. The van der Waals surface area contributed by atoms with Gasteiger partial charge in [-0.1, -0.05) is 20.4 Å². The third-order valence-corrected chi connectivity index (χ3v) is 6.78. The van der Waals surface area contributed by atoms with Gasteiger partial charge in [0, 0.05) is 17.7 Å². The summed E-state index contributed by atoms with van der Waals surface area (Å²) in [6, 6.07) is 6.67. The summed E-state index contributed by atoms with van der Waals surface area (Å²) in [5.74, 6) is -0.953. The van der Waals surface area contributed by atoms with Gasteiger partial charge in [0.15, 0.2) is 0 Å². The summed E-state index contributed by atoms with van der Waals surface area (Å²) >= 11 is 0. The Morgan fingerprint density at radius 1 is 1.19 bits per heavy atom. The molecule has 200 valence electrons. The standard InChI is InChI=1S/C26H34N3O7P/c1-10-28-22(23(30)20-12-18(6)11-19(13-20)14-27)21(16(2)3)24(31)29(25(28)32)15-34-37(33,35-17(4)5)36-26(7,8)9/h11-13,16H,4,10,15H2,1-3,5-9H3. The molecule has 0 bridgehead atoms. The van der Waals surface area contributed by atoms with Gasteiger partial charge < -0.3 is 4.52 Å². The Labute approximate surface area is 216 Å². The third-order valence-electron chi connectivity index (χ3n) is 5.04. The van der Waals surface area contributed by atoms with E-state index < -0.39 is 43.1 Å². The van der Waals surface area contributed by atoms with Gasteiger partial charge in [0.1, 0.15) is 12.4 Å². The third kappa shape index (κ3) is 7.16. The maximum Gasteiger partial charge on any atom is 0.531 e. The minimum atomic E-state index is -4.26. The van der Waals surface area contributed by atoms with Gasteiger partial charge in [-0.15, -0.1) is 0 Å². The molecule has 0 aliphatic heterocycles. The Morgan fingerprint density at radius 2 is 1.81 bits per heavy atom. The van der Waals surface area contributed by atoms with Crippen molar-refractivity contribution < 1.29 is 22.9 Å². The second-order valence-corrected chi connectivity index (χ2v) is 11.4. The molecule has 0 saturated heterocycles. The molecule has 37 heavy (non-hydrogen) atoms. The lowest BCUT2D eigenvalue weighted by atomic mass is 9.95. The van der Waals surface area contributed by atoms with Gasteiger partial charge in [-0.3, -0.25) is 23.2 Å². The van der Waals surface area contributed by atoms with Crippen LogP contribution in [0.5, 0.6) is 0 Å². The van der Waals surface area contributed by atoms with Gasteiger partial charge in [0.05, 0.1) is 23.0 Å². The lowest BCUT2D eigenvalue weighted by Crippen LogP contribution is -2.45. The Balaban J connectivity index is 2.72. The molecule has 1 atom stereocenters. The number of carbonyl (C=O) groups is 1. The summed E-state index contributed by atoms with van der Waals surface area (Å²) in [5.41, 5.74) is -1.35. The van der Waals surface area contributed by atoms with E-state index in [9.17, 15) is 24.2 Å². The first-order chi connectivity index (χ1) is 17.0. The zero-order valence-corrected chi connectivity index (χ0v) is 23.5. The summed E-state index contributed by atoms with van der Waals surface area (Å²) in [5, 5.41) is 9.32. The molecule has 1 aromatic heterocycles. The van der Waals surface area contributed by atoms with Gasteiger partial charge in [-0.05, 0) is 71.2 Å². The van der Waals surface area contributed by atoms with Gasteiger partial charge in [-0.25, -0.2) is 13.9 Å². The number of benzene rings is 1. The van der Waals surface area contributed by atoms with Gasteiger partial charge in [0.25, 0.3) is 5.56 Å². The van der Waals surface area contributed by atoms with E-state index in [0.717, 1.165) is 4.57 Å². The molecule has 2 rings (SSSR count). The van der Waals surface area contributed by atoms with Crippen molar-refractivity contribution in [3.8, 4) is 6.07 Å². The Hall–Kier alpha value is -3.25. The van der Waals surface area contributed by atoms with Crippen molar-refractivity contribution >= 4 is 13.6 Å². The van der Waals surface area contributed by atoms with Crippen molar-refractivity contribution in [3.63, 3.8) is 0 Å². The molecule has 0 aliphatic carbocycles. The van der Waals surface area contributed by atoms with Crippen LogP contribution in [0.4, 0.5) is 0 Å². The van der Waals surface area contributed by atoms with Crippen LogP contribution in [0.2, 0.25) is 0 Å². The van der Waals surface area contributed by atoms with Crippen LogP contribution in [0.3, 0.4) is 0 Å². The van der Waals surface area contributed by atoms with Crippen LogP contribution in [0.15, 0.2) is 40.1 Å². The molecule has 0 aliphatic rings. The van der Waals surface area contributed by atoms with E-state index in [1.807, 2.05) is 6.07 Å². The topological polar surface area (TPSA) is 130 Å². The molecule has 1 heterocycles. The summed E-state index contributed by atoms with van der Waals surface area (Å²) < 4.78 is 31.3. The number of hydrogen-bond acceptors (Lipinski definition) is 8. The molecule has 0 radical (unpaired) electrons. The summed E-state index contributed by atoms with van der Waals surface area (Å²) in [6.07, 6.45) is 0. The predicted octanol–water partition coefficient (Wildman–Crippen LogP) is 5.01. The van der Waals surface area contributed by atoms with Gasteiger partial charge in [-0.2, -0.15) is 5.26 Å². The largest absolute Gasteiger partial charge is 0.531 e. The Morgan fingerprint density at radius 3 is 2.30 bits per heavy atom. The molecule has 0 amide bonds. The monoisotopic (exact) mass is 531 g/mol. The minimum absolute atomic E-state index is 0.0598. The fourth-order valence-electron chi connectivity index (χ4n) is 3.73. The summed E-state index contributed by atoms with van der Waals surface area (Å²) in [7, 11) is -4.26. The van der Waals surface area contributed by atoms with Crippen LogP contribution in [0.25, 0.3) is 0 Å². The van der Waals surface area contributed by atoms with Gasteiger partial charge in [0.2, 0.25) is 5.78 Å². The number of aromatic nitrogens is 2. The first kappa shape index (κ1) is 30.0. The molecule has 1 aromatic carbocycles. The SMILES string of the molecule is C=C(C)OP(=O)(OCn1c(=O)c(C(C)C)c(C(=O)c2cc(C)cc(C#N)c2)n(CC)c1=O)OC(C)(C)C. The van der Waals surface area contributed by atoms with Crippen LogP contribution < -0.4 is 11.2 Å². The summed E-state index contributed by atoms with van der Waals surface area (Å²) in [6.45, 7) is 16.1. The Bertz CT molecular complexity index is 1420. The maximum absolute atomic E-state index is 13.6. The average Bonchev–Trinajstić information content (AvgIpc) is 2.75. The van der Waals surface area contributed by atoms with E-state index in [-0.39, 0.29) is 34.7 Å². The van der Waals surface area contributed by atoms with Crippen molar-refractivity contribution in [1.29, 1.82) is 5.26 Å². The number of rotatable bonds is 10. The van der Waals surface area contributed by atoms with Crippen molar-refractivity contribution in [2.45, 2.75) is 80.2 Å². The van der Waals surface area contributed by atoms with E-state index in [1.165, 1.54) is 17.6 Å². The fourth-order valence-corrected chi connectivity index (χ4v) is 5.19. The van der Waals surface area contributed by atoms with Crippen LogP contribution in [-0.2, 0) is 31.4 Å². The summed E-state index contributed by atoms with van der Waals surface area (Å²) in [4.78, 5) is 40.6. The normalized spacial score (nSPS) is 13.2. The number of carbonyl (C=O) groups excluding carboxylic acids is 1. The smallest absolute Gasteiger partial charge is 0.409 e. The predicted molar refractivity (Wildman–Crippen MR) is 139 cm³/mol. The molecule has 0 fully saturated rings. The van der Waals surface area contributed by atoms with Crippen molar-refractivity contribution in [3.05, 3.63) is 79.3 Å². The number of phosphoric ester groups is 1. The number of ketones is 1. The average molecular weight is 532 g/mol. The van der Waals surface area contributed by atoms with E-state index in [0.29, 0.717) is 5.56 Å². The molecule has 1 unspecified atom stereocenters. The van der Waals surface area contributed by atoms with Crippen molar-refractivity contribution in [1.82, 2.24) is 9.13 Å². The lowest BCUT2D eigenvalue weighted by Gasteiger charge is -2.26. The van der Waals surface area contributed by atoms with E-state index in [1.54, 1.807) is 60.6 Å². The lowest BCUT2D eigenvalue weighted by molar-refractivity contribution is 0.0402. The highest BCUT2D eigenvalue weighted by molar-refractivity contribution is 7.48. The highest BCUT2D eigenvalue weighted by Gasteiger charge is 2.35.